The van der Waals surface area contributed by atoms with Gasteiger partial charge in [-0.3, -0.25) is 9.79 Å². The number of halogens is 3. The van der Waals surface area contributed by atoms with Gasteiger partial charge < -0.3 is 20.5 Å². The molecule has 0 radical (unpaired) electrons. The lowest BCUT2D eigenvalue weighted by Crippen LogP contribution is -2.41. The molecule has 1 aliphatic carbocycles. The number of methoxy groups -OCH3 is 1. The molecule has 1 saturated carbocycles. The third kappa shape index (κ3) is 4.24. The number of hydrogen-bond donors (Lipinski definition) is 2. The molecule has 12 heteroatoms. The molecule has 1 unspecified atom stereocenters. The van der Waals surface area contributed by atoms with Gasteiger partial charge in [0.05, 0.1) is 24.0 Å². The fraction of sp³-hybridized carbons (Fsp3) is 0.400. The number of aromatic nitrogens is 2. The molecular formula is C20H20F3N5O3S. The van der Waals surface area contributed by atoms with Gasteiger partial charge in [0.2, 0.25) is 5.88 Å². The highest BCUT2D eigenvalue weighted by Gasteiger charge is 2.53. The summed E-state index contributed by atoms with van der Waals surface area (Å²) in [6, 6.07) is 4.21. The average Bonchev–Trinajstić information content (AvgIpc) is 3.13. The highest BCUT2D eigenvalue weighted by Crippen LogP contribution is 2.52. The number of amides is 1. The number of fused-ring (bicyclic) bond motifs is 1. The lowest BCUT2D eigenvalue weighted by Gasteiger charge is -2.37. The van der Waals surface area contributed by atoms with Gasteiger partial charge in [-0.25, -0.2) is 14.4 Å². The molecule has 170 valence electrons. The number of anilines is 1. The molecule has 1 fully saturated rings. The van der Waals surface area contributed by atoms with E-state index in [1.165, 1.54) is 30.0 Å². The first kappa shape index (κ1) is 22.3. The molecule has 1 aliphatic heterocycles. The average molecular weight is 467 g/mol. The van der Waals surface area contributed by atoms with Gasteiger partial charge in [0.25, 0.3) is 5.91 Å². The molecule has 0 saturated heterocycles. The summed E-state index contributed by atoms with van der Waals surface area (Å²) in [5, 5.41) is 3.01. The second-order valence-electron chi connectivity index (χ2n) is 7.37. The molecule has 1 aromatic heterocycles. The maximum absolute atomic E-state index is 15.0. The first-order valence-electron chi connectivity index (χ1n) is 9.71. The number of amidine groups is 1. The molecule has 2 aliphatic rings. The summed E-state index contributed by atoms with van der Waals surface area (Å²) < 4.78 is 49.2. The Morgan fingerprint density at radius 1 is 1.34 bits per heavy atom. The normalized spacial score (nSPS) is 24.7. The van der Waals surface area contributed by atoms with E-state index < -0.39 is 29.8 Å². The number of nitrogens with one attached hydrogen (secondary N) is 1. The molecule has 3 atom stereocenters. The summed E-state index contributed by atoms with van der Waals surface area (Å²) in [4.78, 5) is 24.6. The largest absolute Gasteiger partial charge is 0.415 e. The molecule has 0 spiro atoms. The van der Waals surface area contributed by atoms with Crippen LogP contribution in [0.15, 0.2) is 35.6 Å². The van der Waals surface area contributed by atoms with Crippen molar-refractivity contribution in [3.8, 4) is 5.88 Å². The van der Waals surface area contributed by atoms with Crippen LogP contribution in [-0.2, 0) is 10.3 Å². The van der Waals surface area contributed by atoms with Gasteiger partial charge in [-0.1, -0.05) is 11.8 Å². The Morgan fingerprint density at radius 3 is 2.84 bits per heavy atom. The summed E-state index contributed by atoms with van der Waals surface area (Å²) in [7, 11) is 1.62. The van der Waals surface area contributed by atoms with Crippen LogP contribution < -0.4 is 15.8 Å². The third-order valence-corrected chi connectivity index (χ3v) is 6.57. The minimum atomic E-state index is -3.05. The Hall–Kier alpha value is -2.86. The van der Waals surface area contributed by atoms with Crippen LogP contribution in [0.2, 0.25) is 0 Å². The predicted octanol–water partition coefficient (Wildman–Crippen LogP) is 3.15. The smallest absolute Gasteiger partial charge is 0.388 e. The minimum Gasteiger partial charge on any atom is -0.415 e. The van der Waals surface area contributed by atoms with Crippen LogP contribution >= 0.6 is 11.8 Å². The van der Waals surface area contributed by atoms with Gasteiger partial charge >= 0.3 is 6.61 Å². The first-order chi connectivity index (χ1) is 15.3. The number of hydrogen-bond acceptors (Lipinski definition) is 8. The molecule has 3 N–H and O–H groups in total. The van der Waals surface area contributed by atoms with Crippen LogP contribution in [0, 0.1) is 11.7 Å². The number of ether oxygens (including phenoxy) is 2. The number of nitrogens with zero attached hydrogens (tertiary/aromatic N) is 3. The molecule has 2 heterocycles. The van der Waals surface area contributed by atoms with Gasteiger partial charge in [0.15, 0.2) is 5.17 Å². The van der Waals surface area contributed by atoms with Crippen LogP contribution in [0.5, 0.6) is 5.88 Å². The van der Waals surface area contributed by atoms with E-state index >= 15 is 0 Å². The molecule has 4 rings (SSSR count). The number of nitrogens with two attached hydrogens (primary N) is 1. The maximum atomic E-state index is 15.0. The lowest BCUT2D eigenvalue weighted by atomic mass is 9.80. The van der Waals surface area contributed by atoms with E-state index in [4.69, 9.17) is 10.5 Å². The van der Waals surface area contributed by atoms with Crippen molar-refractivity contribution < 1.29 is 27.4 Å². The van der Waals surface area contributed by atoms with Crippen molar-refractivity contribution in [3.63, 3.8) is 0 Å². The molecular weight excluding hydrogens is 447 g/mol. The highest BCUT2D eigenvalue weighted by atomic mass is 32.2. The summed E-state index contributed by atoms with van der Waals surface area (Å²) in [5.74, 6) is -0.937. The van der Waals surface area contributed by atoms with E-state index in [-0.39, 0.29) is 17.7 Å². The van der Waals surface area contributed by atoms with E-state index in [1.807, 2.05) is 0 Å². The summed E-state index contributed by atoms with van der Waals surface area (Å²) in [6.45, 7) is -3.05. The van der Waals surface area contributed by atoms with Crippen LogP contribution in [0.4, 0.5) is 18.9 Å². The molecule has 0 bridgehead atoms. The van der Waals surface area contributed by atoms with E-state index in [0.29, 0.717) is 35.0 Å². The Kier molecular flexibility index (Phi) is 6.24. The number of carbonyl (C=O) groups excluding carboxylic acids is 1. The van der Waals surface area contributed by atoms with E-state index in [9.17, 15) is 18.0 Å². The van der Waals surface area contributed by atoms with Gasteiger partial charge in [0, 0.05) is 30.0 Å². The fourth-order valence-electron chi connectivity index (χ4n) is 4.24. The SMILES string of the molecule is COC1CC[C@]2(c3cc(NC(=O)c4cnc(OC(F)F)cn4)ccc3F)N=C(N)SC[C@H]12. The quantitative estimate of drug-likeness (QED) is 0.671. The zero-order chi connectivity index (χ0) is 22.9. The number of alkyl halides is 2. The Morgan fingerprint density at radius 2 is 2.16 bits per heavy atom. The van der Waals surface area contributed by atoms with Gasteiger partial charge in [0.1, 0.15) is 11.5 Å². The second-order valence-corrected chi connectivity index (χ2v) is 8.41. The van der Waals surface area contributed by atoms with Crippen molar-refractivity contribution in [2.45, 2.75) is 31.1 Å². The summed E-state index contributed by atoms with van der Waals surface area (Å²) in [5.41, 5.74) is 5.64. The zero-order valence-electron chi connectivity index (χ0n) is 16.9. The summed E-state index contributed by atoms with van der Waals surface area (Å²) in [6.07, 6.45) is 3.11. The fourth-order valence-corrected chi connectivity index (χ4v) is 5.30. The Labute approximate surface area is 185 Å². The number of rotatable bonds is 6. The van der Waals surface area contributed by atoms with Crippen molar-refractivity contribution in [2.24, 2.45) is 16.6 Å². The van der Waals surface area contributed by atoms with Crippen molar-refractivity contribution in [1.29, 1.82) is 0 Å². The summed E-state index contributed by atoms with van der Waals surface area (Å²) >= 11 is 1.41. The minimum absolute atomic E-state index is 0.0708. The van der Waals surface area contributed by atoms with Crippen LogP contribution in [0.3, 0.4) is 0 Å². The maximum Gasteiger partial charge on any atom is 0.388 e. The van der Waals surface area contributed by atoms with Gasteiger partial charge in [-0.05, 0) is 31.0 Å². The lowest BCUT2D eigenvalue weighted by molar-refractivity contribution is -0.0531. The second kappa shape index (κ2) is 8.94. The predicted molar refractivity (Wildman–Crippen MR) is 112 cm³/mol. The topological polar surface area (TPSA) is 112 Å². The van der Waals surface area contributed by atoms with Crippen molar-refractivity contribution in [2.75, 3.05) is 18.2 Å². The number of aliphatic imine (C=N–C) groups is 1. The number of carbonyl (C=O) groups is 1. The first-order valence-corrected chi connectivity index (χ1v) is 10.7. The van der Waals surface area contributed by atoms with Crippen molar-refractivity contribution in [3.05, 3.63) is 47.7 Å². The number of thioether (sulfide) groups is 1. The molecule has 8 nitrogen and oxygen atoms in total. The molecule has 2 aromatic rings. The van der Waals surface area contributed by atoms with E-state index in [0.717, 1.165) is 12.4 Å². The number of benzene rings is 1. The van der Waals surface area contributed by atoms with E-state index in [1.54, 1.807) is 7.11 Å². The van der Waals surface area contributed by atoms with Gasteiger partial charge in [-0.2, -0.15) is 8.78 Å². The Bertz CT molecular complexity index is 1040. The van der Waals surface area contributed by atoms with Crippen molar-refractivity contribution in [1.82, 2.24) is 9.97 Å². The van der Waals surface area contributed by atoms with Crippen LogP contribution in [-0.4, -0.2) is 46.6 Å². The van der Waals surface area contributed by atoms with Crippen molar-refractivity contribution >= 4 is 28.5 Å². The Balaban J connectivity index is 1.60. The molecule has 1 amide bonds. The standard InChI is InChI=1S/C20H20F3N5O3S/c1-30-15-4-5-20(12(15)9-32-19(24)28-20)11-6-10(2-3-13(11)21)27-17(29)14-7-26-16(8-25-14)31-18(22)23/h2-3,6-8,12,15,18H,4-5,9H2,1H3,(H2,24,28)(H,27,29)/t12-,15?,20-/m1/s1. The zero-order valence-corrected chi connectivity index (χ0v) is 17.7. The third-order valence-electron chi connectivity index (χ3n) is 5.66. The highest BCUT2D eigenvalue weighted by molar-refractivity contribution is 8.13. The molecule has 32 heavy (non-hydrogen) atoms. The van der Waals surface area contributed by atoms with Crippen LogP contribution in [0.1, 0.15) is 28.9 Å². The van der Waals surface area contributed by atoms with Gasteiger partial charge in [-0.15, -0.1) is 0 Å². The molecule has 1 aromatic carbocycles. The monoisotopic (exact) mass is 467 g/mol. The van der Waals surface area contributed by atoms with Crippen LogP contribution in [0.25, 0.3) is 0 Å². The van der Waals surface area contributed by atoms with E-state index in [2.05, 4.69) is 25.0 Å².